The van der Waals surface area contributed by atoms with Crippen molar-refractivity contribution < 1.29 is 0 Å². The van der Waals surface area contributed by atoms with Crippen LogP contribution in [0.3, 0.4) is 0 Å². The van der Waals surface area contributed by atoms with E-state index in [0.29, 0.717) is 21.1 Å². The molecule has 2 aromatic carbocycles. The largest absolute Gasteiger partial charge is 0.349 e. The lowest BCUT2D eigenvalue weighted by molar-refractivity contribution is 0.790. The molecule has 0 aromatic heterocycles. The third-order valence-corrected chi connectivity index (χ3v) is 5.31. The van der Waals surface area contributed by atoms with E-state index in [2.05, 4.69) is 15.0 Å². The molecule has 0 unspecified atom stereocenters. The smallest absolute Gasteiger partial charge is 0.318 e. The Balaban J connectivity index is 2.13. The van der Waals surface area contributed by atoms with E-state index in [1.165, 1.54) is 0 Å². The summed E-state index contributed by atoms with van der Waals surface area (Å²) in [7, 11) is 0. The van der Waals surface area contributed by atoms with Gasteiger partial charge in [-0.25, -0.2) is 9.78 Å². The maximum atomic E-state index is 12.3. The number of aromatic nitrogens is 4. The van der Waals surface area contributed by atoms with Crippen LogP contribution >= 0.6 is 23.2 Å². The first kappa shape index (κ1) is 17.7. The lowest BCUT2D eigenvalue weighted by Crippen LogP contribution is -2.29. The number of halogens is 2. The lowest BCUT2D eigenvalue weighted by Gasteiger charge is -2.19. The van der Waals surface area contributed by atoms with Gasteiger partial charge in [0.15, 0.2) is 11.5 Å². The van der Waals surface area contributed by atoms with Gasteiger partial charge in [0.05, 0.1) is 17.6 Å². The molecule has 2 aromatic rings. The summed E-state index contributed by atoms with van der Waals surface area (Å²) in [6.07, 6.45) is 0. The first-order valence-corrected chi connectivity index (χ1v) is 8.95. The normalized spacial score (nSPS) is 11.4. The number of nitrogens with one attached hydrogen (secondary N) is 1. The van der Waals surface area contributed by atoms with Crippen LogP contribution in [0.2, 0.25) is 10.0 Å². The zero-order valence-corrected chi connectivity index (χ0v) is 16.0. The summed E-state index contributed by atoms with van der Waals surface area (Å²) >= 11 is 12.7. The first-order chi connectivity index (χ1) is 12.8. The maximum absolute atomic E-state index is 12.3. The van der Waals surface area contributed by atoms with E-state index >= 15 is 0 Å². The van der Waals surface area contributed by atoms with Crippen LogP contribution < -0.4 is 11.2 Å². The molecule has 0 bridgehead atoms. The molecule has 1 N–H and O–H groups in total. The number of hydrogen-bond donors (Lipinski definition) is 1. The van der Waals surface area contributed by atoms with Crippen LogP contribution in [-0.4, -0.2) is 19.5 Å². The molecule has 0 aliphatic carbocycles. The number of aromatic amines is 1. The zero-order chi connectivity index (χ0) is 19.3. The standard InChI is InChI=1S/C19H14Cl2N4O2/c1-9-6-14-15(7-10(9)2)25(8-11-12(20)4-3-5-13(11)21)17-16(22-14)18(26)24-19(27)23-17/h3-7H,8H2,1-2H3,(H,24,26,27). The van der Waals surface area contributed by atoms with Gasteiger partial charge in [-0.3, -0.25) is 9.78 Å². The highest BCUT2D eigenvalue weighted by Gasteiger charge is 2.20. The molecule has 27 heavy (non-hydrogen) atoms. The Morgan fingerprint density at radius 1 is 1.04 bits per heavy atom. The second-order valence-corrected chi connectivity index (χ2v) is 7.18. The van der Waals surface area contributed by atoms with Crippen LogP contribution in [0.5, 0.6) is 0 Å². The van der Waals surface area contributed by atoms with Crippen molar-refractivity contribution in [2.24, 2.45) is 0 Å². The molecule has 2 heterocycles. The number of hydrogen-bond acceptors (Lipinski definition) is 4. The second kappa shape index (κ2) is 6.48. The van der Waals surface area contributed by atoms with E-state index in [9.17, 15) is 9.59 Å². The number of nitrogens with zero attached hydrogens (tertiary/aromatic N) is 3. The number of aryl methyl sites for hydroxylation is 2. The average molecular weight is 401 g/mol. The number of rotatable bonds is 2. The average Bonchev–Trinajstić information content (AvgIpc) is 2.60. The van der Waals surface area contributed by atoms with E-state index < -0.39 is 11.2 Å². The molecule has 0 radical (unpaired) electrons. The molecule has 136 valence electrons. The monoisotopic (exact) mass is 400 g/mol. The van der Waals surface area contributed by atoms with Crippen molar-refractivity contribution in [2.75, 3.05) is 0 Å². The van der Waals surface area contributed by atoms with Crippen LogP contribution in [0, 0.1) is 13.8 Å². The fraction of sp³-hybridized carbons (Fsp3) is 0.158. The fourth-order valence-electron chi connectivity index (χ4n) is 3.05. The summed E-state index contributed by atoms with van der Waals surface area (Å²) in [5.74, 6) is 0.190. The van der Waals surface area contributed by atoms with Crippen molar-refractivity contribution in [3.63, 3.8) is 0 Å². The molecule has 4 rings (SSSR count). The van der Waals surface area contributed by atoms with Crippen molar-refractivity contribution in [2.45, 2.75) is 20.4 Å². The predicted molar refractivity (Wildman–Crippen MR) is 106 cm³/mol. The Morgan fingerprint density at radius 2 is 1.70 bits per heavy atom. The maximum Gasteiger partial charge on any atom is 0.349 e. The summed E-state index contributed by atoms with van der Waals surface area (Å²) in [6.45, 7) is 4.20. The summed E-state index contributed by atoms with van der Waals surface area (Å²) in [5, 5.41) is 0.980. The highest BCUT2D eigenvalue weighted by Crippen LogP contribution is 2.29. The lowest BCUT2D eigenvalue weighted by atomic mass is 10.1. The molecule has 0 saturated carbocycles. The second-order valence-electron chi connectivity index (χ2n) is 6.37. The van der Waals surface area contributed by atoms with Crippen LogP contribution in [0.4, 0.5) is 0 Å². The number of benzene rings is 2. The molecule has 8 heteroatoms. The SMILES string of the molecule is Cc1cc2nc3c(=O)[nH]c(=O)nc-3n(Cc3c(Cl)cccc3Cl)c2cc1C. The van der Waals surface area contributed by atoms with E-state index in [-0.39, 0.29) is 18.1 Å². The van der Waals surface area contributed by atoms with Crippen molar-refractivity contribution in [1.29, 1.82) is 0 Å². The molecule has 0 saturated heterocycles. The van der Waals surface area contributed by atoms with Gasteiger partial charge in [0.25, 0.3) is 5.56 Å². The van der Waals surface area contributed by atoms with E-state index in [4.69, 9.17) is 23.2 Å². The van der Waals surface area contributed by atoms with Gasteiger partial charge in [-0.2, -0.15) is 4.98 Å². The van der Waals surface area contributed by atoms with Crippen LogP contribution in [0.25, 0.3) is 22.6 Å². The fourth-order valence-corrected chi connectivity index (χ4v) is 3.57. The summed E-state index contributed by atoms with van der Waals surface area (Å²) in [4.78, 5) is 34.8. The molecular formula is C19H14Cl2N4O2. The molecule has 6 nitrogen and oxygen atoms in total. The van der Waals surface area contributed by atoms with Gasteiger partial charge in [-0.15, -0.1) is 0 Å². The minimum Gasteiger partial charge on any atom is -0.318 e. The highest BCUT2D eigenvalue weighted by molar-refractivity contribution is 6.36. The minimum atomic E-state index is -0.725. The van der Waals surface area contributed by atoms with Gasteiger partial charge in [-0.1, -0.05) is 29.3 Å². The summed E-state index contributed by atoms with van der Waals surface area (Å²) < 4.78 is 1.76. The van der Waals surface area contributed by atoms with Gasteiger partial charge in [0.2, 0.25) is 0 Å². The van der Waals surface area contributed by atoms with E-state index in [1.54, 1.807) is 22.8 Å². The third kappa shape index (κ3) is 3.01. The van der Waals surface area contributed by atoms with Crippen LogP contribution in [0.15, 0.2) is 39.9 Å². The van der Waals surface area contributed by atoms with Crippen molar-refractivity contribution in [3.05, 3.63) is 77.9 Å². The first-order valence-electron chi connectivity index (χ1n) is 8.20. The molecule has 0 fully saturated rings. The quantitative estimate of drug-likeness (QED) is 0.521. The third-order valence-electron chi connectivity index (χ3n) is 4.60. The molecule has 0 atom stereocenters. The van der Waals surface area contributed by atoms with Gasteiger partial charge in [0, 0.05) is 15.6 Å². The van der Waals surface area contributed by atoms with Gasteiger partial charge in [-0.05, 0) is 49.2 Å². The van der Waals surface area contributed by atoms with E-state index in [1.807, 2.05) is 26.0 Å². The molecule has 2 aliphatic heterocycles. The zero-order valence-electron chi connectivity index (χ0n) is 14.5. The number of H-pyrrole nitrogens is 1. The van der Waals surface area contributed by atoms with Crippen molar-refractivity contribution in [1.82, 2.24) is 19.5 Å². The Kier molecular flexibility index (Phi) is 4.25. The predicted octanol–water partition coefficient (Wildman–Crippen LogP) is 3.56. The Labute approximate surface area is 163 Å². The molecule has 2 aliphatic rings. The summed E-state index contributed by atoms with van der Waals surface area (Å²) in [5.41, 5.74) is 2.91. The van der Waals surface area contributed by atoms with Crippen LogP contribution in [0.1, 0.15) is 16.7 Å². The molecule has 0 amide bonds. The van der Waals surface area contributed by atoms with E-state index in [0.717, 1.165) is 16.6 Å². The van der Waals surface area contributed by atoms with Gasteiger partial charge >= 0.3 is 5.69 Å². The number of fused-ring (bicyclic) bond motifs is 2. The Bertz CT molecular complexity index is 1270. The Morgan fingerprint density at radius 3 is 2.41 bits per heavy atom. The minimum absolute atomic E-state index is 0.0912. The topological polar surface area (TPSA) is 80.6 Å². The Hall–Kier alpha value is -2.70. The van der Waals surface area contributed by atoms with Crippen LogP contribution in [-0.2, 0) is 6.54 Å². The highest BCUT2D eigenvalue weighted by atomic mass is 35.5. The van der Waals surface area contributed by atoms with Crippen molar-refractivity contribution in [3.8, 4) is 11.5 Å². The summed E-state index contributed by atoms with van der Waals surface area (Å²) in [6, 6.07) is 9.09. The van der Waals surface area contributed by atoms with Gasteiger partial charge < -0.3 is 4.57 Å². The molecular weight excluding hydrogens is 387 g/mol. The van der Waals surface area contributed by atoms with Gasteiger partial charge in [0.1, 0.15) is 0 Å². The van der Waals surface area contributed by atoms with Crippen molar-refractivity contribution >= 4 is 34.2 Å². The molecule has 0 spiro atoms.